The fraction of sp³-hybridized carbons (Fsp3) is 0.435. The lowest BCUT2D eigenvalue weighted by atomic mass is 9.99. The maximum absolute atomic E-state index is 12.1. The highest BCUT2D eigenvalue weighted by molar-refractivity contribution is 7.92. The summed E-state index contributed by atoms with van der Waals surface area (Å²) in [5.74, 6) is 0.274. The van der Waals surface area contributed by atoms with Crippen molar-refractivity contribution >= 4 is 21.2 Å². The van der Waals surface area contributed by atoms with Gasteiger partial charge in [0.15, 0.2) is 11.4 Å². The van der Waals surface area contributed by atoms with Crippen LogP contribution in [-0.2, 0) is 15.5 Å². The van der Waals surface area contributed by atoms with Crippen LogP contribution in [0, 0.1) is 0 Å². The van der Waals surface area contributed by atoms with Gasteiger partial charge in [-0.15, -0.1) is 0 Å². The Labute approximate surface area is 195 Å². The van der Waals surface area contributed by atoms with Crippen molar-refractivity contribution in [3.8, 4) is 11.1 Å². The van der Waals surface area contributed by atoms with E-state index in [-0.39, 0.29) is 11.4 Å². The van der Waals surface area contributed by atoms with Gasteiger partial charge in [-0.3, -0.25) is 4.21 Å². The first-order valence-corrected chi connectivity index (χ1v) is 12.8. The molecule has 180 valence electrons. The first kappa shape index (κ1) is 25.0. The number of hydrazine groups is 1. The summed E-state index contributed by atoms with van der Waals surface area (Å²) in [6.45, 7) is 7.19. The normalized spacial score (nSPS) is 19.4. The SMILES string of the molecule is CN1NC(C)(C)C=C1C(C)(O)Nc1cccc(-c2cc(C(C)(O)N=S(C)(C)=O)cnc2N)c1. The lowest BCUT2D eigenvalue weighted by Crippen LogP contribution is -2.46. The van der Waals surface area contributed by atoms with Crippen LogP contribution >= 0.6 is 0 Å². The zero-order valence-electron chi connectivity index (χ0n) is 20.2. The summed E-state index contributed by atoms with van der Waals surface area (Å²) in [5, 5.41) is 26.9. The Morgan fingerprint density at radius 1 is 1.24 bits per heavy atom. The molecule has 0 saturated heterocycles. The predicted octanol–water partition coefficient (Wildman–Crippen LogP) is 2.46. The average Bonchev–Trinajstić information content (AvgIpc) is 2.93. The summed E-state index contributed by atoms with van der Waals surface area (Å²) in [6, 6.07) is 9.07. The first-order chi connectivity index (χ1) is 15.0. The van der Waals surface area contributed by atoms with E-state index in [1.165, 1.54) is 25.6 Å². The Morgan fingerprint density at radius 2 is 1.91 bits per heavy atom. The van der Waals surface area contributed by atoms with Crippen LogP contribution in [0.3, 0.4) is 0 Å². The third-order valence-corrected chi connectivity index (χ3v) is 6.03. The molecule has 0 bridgehead atoms. The van der Waals surface area contributed by atoms with Crippen molar-refractivity contribution in [2.24, 2.45) is 4.36 Å². The zero-order chi connectivity index (χ0) is 24.8. The monoisotopic (exact) mass is 474 g/mol. The number of likely N-dealkylation sites (N-methyl/N-ethyl adjacent to an activating group) is 1. The fourth-order valence-corrected chi connectivity index (χ4v) is 4.95. The Hall–Kier alpha value is -2.66. The van der Waals surface area contributed by atoms with Gasteiger partial charge in [0, 0.05) is 52.3 Å². The molecule has 1 aromatic heterocycles. The summed E-state index contributed by atoms with van der Waals surface area (Å²) < 4.78 is 16.2. The fourth-order valence-electron chi connectivity index (χ4n) is 3.99. The molecular formula is C23H34N6O3S. The second-order valence-corrected chi connectivity index (χ2v) is 12.2. The number of rotatable bonds is 6. The van der Waals surface area contributed by atoms with Crippen molar-refractivity contribution in [3.05, 3.63) is 53.9 Å². The second kappa shape index (κ2) is 8.28. The van der Waals surface area contributed by atoms with Crippen LogP contribution in [0.15, 0.2) is 52.7 Å². The van der Waals surface area contributed by atoms with Crippen LogP contribution in [0.4, 0.5) is 11.5 Å². The minimum Gasteiger partial charge on any atom is -0.383 e. The summed E-state index contributed by atoms with van der Waals surface area (Å²) in [6.07, 6.45) is 6.32. The zero-order valence-corrected chi connectivity index (χ0v) is 21.0. The molecule has 0 aliphatic carbocycles. The van der Waals surface area contributed by atoms with Gasteiger partial charge in [-0.25, -0.2) is 10.4 Å². The standard InChI is InChI=1S/C23H34N6O3S/c1-21(2)13-19(29(5)27-21)23(4,31)26-17-10-8-9-15(11-17)18-12-16(14-25-20(18)24)22(3,30)28-33(6,7)32/h8-14,26-27,30-31H,1-7H3,(H2,24,25). The maximum atomic E-state index is 12.1. The molecule has 0 fully saturated rings. The van der Waals surface area contributed by atoms with Crippen molar-refractivity contribution < 1.29 is 14.4 Å². The third kappa shape index (κ3) is 5.83. The van der Waals surface area contributed by atoms with Gasteiger partial charge >= 0.3 is 0 Å². The number of hydrogen-bond donors (Lipinski definition) is 5. The summed E-state index contributed by atoms with van der Waals surface area (Å²) in [4.78, 5) is 4.22. The van der Waals surface area contributed by atoms with E-state index in [9.17, 15) is 14.4 Å². The van der Waals surface area contributed by atoms with Gasteiger partial charge in [-0.05, 0) is 57.5 Å². The van der Waals surface area contributed by atoms with E-state index in [4.69, 9.17) is 5.73 Å². The molecule has 6 N–H and O–H groups in total. The Morgan fingerprint density at radius 3 is 2.48 bits per heavy atom. The van der Waals surface area contributed by atoms with E-state index in [1.54, 1.807) is 18.0 Å². The van der Waals surface area contributed by atoms with Crippen molar-refractivity contribution in [1.82, 2.24) is 15.4 Å². The van der Waals surface area contributed by atoms with E-state index in [1.807, 2.05) is 51.2 Å². The molecule has 0 saturated carbocycles. The topological polar surface area (TPSA) is 136 Å². The molecule has 10 heteroatoms. The molecule has 3 rings (SSSR count). The molecule has 33 heavy (non-hydrogen) atoms. The van der Waals surface area contributed by atoms with E-state index >= 15 is 0 Å². The minimum absolute atomic E-state index is 0.274. The largest absolute Gasteiger partial charge is 0.383 e. The average molecular weight is 475 g/mol. The van der Waals surface area contributed by atoms with Crippen LogP contribution < -0.4 is 16.5 Å². The van der Waals surface area contributed by atoms with Crippen molar-refractivity contribution in [1.29, 1.82) is 0 Å². The second-order valence-electron chi connectivity index (χ2n) is 9.65. The third-order valence-electron chi connectivity index (χ3n) is 5.24. The van der Waals surface area contributed by atoms with E-state index in [0.717, 1.165) is 5.56 Å². The van der Waals surface area contributed by atoms with E-state index in [2.05, 4.69) is 20.1 Å². The number of pyridine rings is 1. The van der Waals surface area contributed by atoms with Crippen LogP contribution in [0.2, 0.25) is 0 Å². The molecule has 2 aromatic rings. The number of aromatic nitrogens is 1. The number of aliphatic hydroxyl groups is 2. The van der Waals surface area contributed by atoms with Crippen molar-refractivity contribution in [2.45, 2.75) is 44.7 Å². The molecule has 0 spiro atoms. The lowest BCUT2D eigenvalue weighted by molar-refractivity contribution is 0.0694. The molecule has 0 radical (unpaired) electrons. The molecule has 1 aliphatic heterocycles. The van der Waals surface area contributed by atoms with Crippen molar-refractivity contribution in [3.63, 3.8) is 0 Å². The molecule has 0 amide bonds. The molecule has 2 heterocycles. The molecule has 1 aliphatic rings. The Bertz CT molecular complexity index is 1200. The van der Waals surface area contributed by atoms with Gasteiger partial charge in [-0.1, -0.05) is 12.1 Å². The van der Waals surface area contributed by atoms with Gasteiger partial charge in [-0.2, -0.15) is 4.36 Å². The van der Waals surface area contributed by atoms with E-state index < -0.39 is 21.2 Å². The van der Waals surface area contributed by atoms with Crippen LogP contribution in [0.1, 0.15) is 33.3 Å². The van der Waals surface area contributed by atoms with Gasteiger partial charge in [0.05, 0.1) is 11.2 Å². The summed E-state index contributed by atoms with van der Waals surface area (Å²) >= 11 is 0. The highest BCUT2D eigenvalue weighted by Gasteiger charge is 2.37. The number of nitrogens with zero attached hydrogens (tertiary/aromatic N) is 3. The highest BCUT2D eigenvalue weighted by atomic mass is 32.2. The first-order valence-electron chi connectivity index (χ1n) is 10.5. The van der Waals surface area contributed by atoms with Gasteiger partial charge in [0.1, 0.15) is 5.82 Å². The Balaban J connectivity index is 1.97. The lowest BCUT2D eigenvalue weighted by Gasteiger charge is -2.32. The van der Waals surface area contributed by atoms with Gasteiger partial charge < -0.3 is 26.3 Å². The molecular weight excluding hydrogens is 440 g/mol. The van der Waals surface area contributed by atoms with E-state index in [0.29, 0.717) is 22.5 Å². The smallest absolute Gasteiger partial charge is 0.189 e. The number of benzene rings is 1. The highest BCUT2D eigenvalue weighted by Crippen LogP contribution is 2.34. The molecule has 9 nitrogen and oxygen atoms in total. The Kier molecular flexibility index (Phi) is 6.27. The summed E-state index contributed by atoms with van der Waals surface area (Å²) in [7, 11) is -0.698. The number of hydrogen-bond acceptors (Lipinski definition) is 9. The van der Waals surface area contributed by atoms with Crippen molar-refractivity contribution in [2.75, 3.05) is 30.6 Å². The van der Waals surface area contributed by atoms with Gasteiger partial charge in [0.2, 0.25) is 0 Å². The quantitative estimate of drug-likeness (QED) is 0.403. The number of nitrogen functional groups attached to an aromatic ring is 1. The summed E-state index contributed by atoms with van der Waals surface area (Å²) in [5.41, 5.74) is 9.18. The molecule has 2 unspecified atom stereocenters. The van der Waals surface area contributed by atoms with Crippen LogP contribution in [-0.4, -0.2) is 55.2 Å². The minimum atomic E-state index is -2.55. The number of anilines is 2. The van der Waals surface area contributed by atoms with Gasteiger partial charge in [0.25, 0.3) is 0 Å². The van der Waals surface area contributed by atoms with Crippen LogP contribution in [0.5, 0.6) is 0 Å². The number of nitrogens with two attached hydrogens (primary N) is 1. The maximum Gasteiger partial charge on any atom is 0.189 e. The van der Waals surface area contributed by atoms with Crippen LogP contribution in [0.25, 0.3) is 11.1 Å². The molecule has 2 atom stereocenters. The molecule has 1 aromatic carbocycles. The number of nitrogens with one attached hydrogen (secondary N) is 2. The predicted molar refractivity (Wildman–Crippen MR) is 133 cm³/mol.